The smallest absolute Gasteiger partial charge is 0.249 e. The molecule has 0 aromatic rings. The number of piperidine rings is 1. The summed E-state index contributed by atoms with van der Waals surface area (Å²) in [4.78, 5) is 2.31. The third-order valence-electron chi connectivity index (χ3n) is 10.3. The number of hydrogen-bond acceptors (Lipinski definition) is 3. The molecule has 4 rings (SSSR count). The topological polar surface area (TPSA) is 43.7 Å². The maximum absolute atomic E-state index is 14.0. The van der Waals surface area contributed by atoms with Gasteiger partial charge in [0.25, 0.3) is 0 Å². The number of rotatable bonds is 5. The summed E-state index contributed by atoms with van der Waals surface area (Å²) in [6, 6.07) is 0. The number of alkyl halides is 2. The van der Waals surface area contributed by atoms with Crippen LogP contribution < -0.4 is 0 Å². The monoisotopic (exact) mass is 491 g/mol. The van der Waals surface area contributed by atoms with Crippen molar-refractivity contribution in [3.8, 4) is 0 Å². The van der Waals surface area contributed by atoms with Gasteiger partial charge in [-0.1, -0.05) is 45.1 Å². The van der Waals surface area contributed by atoms with Crippen molar-refractivity contribution in [1.29, 1.82) is 0 Å². The van der Waals surface area contributed by atoms with Crippen LogP contribution in [0.2, 0.25) is 0 Å². The highest BCUT2D eigenvalue weighted by Gasteiger charge is 2.51. The number of aliphatic hydroxyl groups excluding tert-OH is 2. The number of likely N-dealkylation sites (tertiary alicyclic amines) is 1. The molecule has 1 heterocycles. The number of hydrogen-bond donors (Lipinski definition) is 2. The van der Waals surface area contributed by atoms with Gasteiger partial charge in [0.1, 0.15) is 0 Å². The second-order valence-electron chi connectivity index (χ2n) is 12.7. The summed E-state index contributed by atoms with van der Waals surface area (Å²) in [5.41, 5.74) is 3.47. The molecule has 0 aromatic heterocycles. The van der Waals surface area contributed by atoms with Crippen LogP contribution in [0.15, 0.2) is 35.5 Å². The molecule has 4 aliphatic rings. The third kappa shape index (κ3) is 5.48. The van der Waals surface area contributed by atoms with Gasteiger partial charge in [-0.2, -0.15) is 0 Å². The average molecular weight is 492 g/mol. The predicted octanol–water partition coefficient (Wildman–Crippen LogP) is 6.38. The summed E-state index contributed by atoms with van der Waals surface area (Å²) in [7, 11) is 0. The normalized spacial score (nSPS) is 42.5. The molecule has 35 heavy (non-hydrogen) atoms. The lowest BCUT2D eigenvalue weighted by Crippen LogP contribution is -2.46. The summed E-state index contributed by atoms with van der Waals surface area (Å²) in [5.74, 6) is -1.61. The van der Waals surface area contributed by atoms with Gasteiger partial charge in [-0.25, -0.2) is 8.78 Å². The fourth-order valence-corrected chi connectivity index (χ4v) is 8.03. The molecule has 3 saturated carbocycles. The molecule has 8 atom stereocenters. The summed E-state index contributed by atoms with van der Waals surface area (Å²) in [6.45, 7) is 14.3. The van der Waals surface area contributed by atoms with Crippen LogP contribution in [0.3, 0.4) is 0 Å². The first-order valence-electron chi connectivity index (χ1n) is 14.0. The Morgan fingerprint density at radius 1 is 1.20 bits per heavy atom. The van der Waals surface area contributed by atoms with Crippen LogP contribution in [0.4, 0.5) is 8.78 Å². The van der Waals surface area contributed by atoms with Crippen molar-refractivity contribution < 1.29 is 19.0 Å². The van der Waals surface area contributed by atoms with Gasteiger partial charge in [0.2, 0.25) is 5.92 Å². The molecule has 0 spiro atoms. The van der Waals surface area contributed by atoms with Crippen LogP contribution in [0.1, 0.15) is 79.1 Å². The van der Waals surface area contributed by atoms with Gasteiger partial charge in [-0.15, -0.1) is 0 Å². The first-order valence-corrected chi connectivity index (χ1v) is 14.0. The van der Waals surface area contributed by atoms with Crippen molar-refractivity contribution in [2.24, 2.45) is 35.0 Å². The van der Waals surface area contributed by atoms with Crippen molar-refractivity contribution in [2.75, 3.05) is 19.6 Å². The molecule has 198 valence electrons. The summed E-state index contributed by atoms with van der Waals surface area (Å²) in [6.07, 6.45) is 11.2. The maximum Gasteiger partial charge on any atom is 0.249 e. The lowest BCUT2D eigenvalue weighted by Gasteiger charge is -2.46. The summed E-state index contributed by atoms with van der Waals surface area (Å²) in [5, 5.41) is 20.8. The Labute approximate surface area is 211 Å². The molecule has 3 aliphatic carbocycles. The lowest BCUT2D eigenvalue weighted by atomic mass is 9.61. The van der Waals surface area contributed by atoms with Gasteiger partial charge in [0.15, 0.2) is 0 Å². The van der Waals surface area contributed by atoms with Gasteiger partial charge in [-0.3, -0.25) is 0 Å². The van der Waals surface area contributed by atoms with E-state index in [1.54, 1.807) is 0 Å². The zero-order valence-corrected chi connectivity index (χ0v) is 22.3. The molecule has 5 heteroatoms. The highest BCUT2D eigenvalue weighted by atomic mass is 19.3. The maximum atomic E-state index is 14.0. The number of allylic oxidation sites excluding steroid dienone is 3. The number of halogens is 2. The number of nitrogens with zero attached hydrogens (tertiary/aromatic N) is 1. The van der Waals surface area contributed by atoms with Crippen molar-refractivity contribution in [3.63, 3.8) is 0 Å². The Balaban J connectivity index is 1.45. The average Bonchev–Trinajstić information content (AvgIpc) is 3.16. The van der Waals surface area contributed by atoms with E-state index in [4.69, 9.17) is 0 Å². The quantitative estimate of drug-likeness (QED) is 0.469. The zero-order valence-electron chi connectivity index (χ0n) is 22.3. The molecule has 4 fully saturated rings. The SMILES string of the molecule is C=C1C(=CC=C2CCC[C@]3(C)[C@@H](C(C)CN4CCCC(C(C)(F)F)C4)CC[C@@H]23)C[C@@H](O)[C@H](C)[C@@H]1O. The van der Waals surface area contributed by atoms with E-state index in [9.17, 15) is 19.0 Å². The van der Waals surface area contributed by atoms with Gasteiger partial charge in [0, 0.05) is 24.9 Å². The first kappa shape index (κ1) is 27.0. The van der Waals surface area contributed by atoms with Gasteiger partial charge >= 0.3 is 0 Å². The molecule has 2 N–H and O–H groups in total. The molecular formula is C30H47F2NO2. The Kier molecular flexibility index (Phi) is 8.01. The zero-order chi connectivity index (χ0) is 25.5. The molecule has 3 nitrogen and oxygen atoms in total. The molecule has 2 unspecified atom stereocenters. The van der Waals surface area contributed by atoms with Crippen molar-refractivity contribution in [1.82, 2.24) is 4.90 Å². The van der Waals surface area contributed by atoms with Gasteiger partial charge < -0.3 is 15.1 Å². The molecule has 1 saturated heterocycles. The van der Waals surface area contributed by atoms with E-state index in [-0.39, 0.29) is 11.3 Å². The Morgan fingerprint density at radius 3 is 2.66 bits per heavy atom. The van der Waals surface area contributed by atoms with Crippen LogP contribution in [-0.4, -0.2) is 52.9 Å². The lowest BCUT2D eigenvalue weighted by molar-refractivity contribution is -0.0695. The summed E-state index contributed by atoms with van der Waals surface area (Å²) < 4.78 is 27.9. The van der Waals surface area contributed by atoms with Crippen LogP contribution in [0.25, 0.3) is 0 Å². The van der Waals surface area contributed by atoms with Gasteiger partial charge in [0.05, 0.1) is 12.2 Å². The summed E-state index contributed by atoms with van der Waals surface area (Å²) >= 11 is 0. The van der Waals surface area contributed by atoms with Crippen molar-refractivity contribution >= 4 is 0 Å². The second-order valence-corrected chi connectivity index (χ2v) is 12.7. The highest BCUT2D eigenvalue weighted by Crippen LogP contribution is 2.59. The number of aliphatic hydroxyl groups is 2. The molecule has 0 bridgehead atoms. The van der Waals surface area contributed by atoms with Crippen LogP contribution in [0, 0.1) is 35.0 Å². The molecule has 0 aromatic carbocycles. The largest absolute Gasteiger partial charge is 0.392 e. The first-order chi connectivity index (χ1) is 16.4. The van der Waals surface area contributed by atoms with E-state index in [0.717, 1.165) is 44.0 Å². The standard InChI is InChI=1S/C30H47F2NO2/c1-19(17-33-15-7-9-24(18-33)30(5,31)32)25-12-13-26-22(8-6-14-29(25,26)4)10-11-23-16-27(34)21(3)28(35)20(23)2/h10-11,19,21,24-28,34-35H,2,6-9,12-18H2,1,3-5H3/t19?,21-,24?,25+,26-,27+,28+,29+/m0/s1. The highest BCUT2D eigenvalue weighted by molar-refractivity contribution is 5.39. The van der Waals surface area contributed by atoms with Crippen LogP contribution >= 0.6 is 0 Å². The Hall–Kier alpha value is -1.04. The van der Waals surface area contributed by atoms with Crippen LogP contribution in [-0.2, 0) is 0 Å². The minimum absolute atomic E-state index is 0.180. The van der Waals surface area contributed by atoms with Crippen LogP contribution in [0.5, 0.6) is 0 Å². The molecular weight excluding hydrogens is 444 g/mol. The third-order valence-corrected chi connectivity index (χ3v) is 10.3. The van der Waals surface area contributed by atoms with Gasteiger partial charge in [-0.05, 0) is 99.1 Å². The molecule has 0 amide bonds. The Bertz CT molecular complexity index is 846. The Morgan fingerprint density at radius 2 is 1.94 bits per heavy atom. The minimum atomic E-state index is -2.59. The van der Waals surface area contributed by atoms with Crippen molar-refractivity contribution in [2.45, 2.75) is 97.2 Å². The predicted molar refractivity (Wildman–Crippen MR) is 138 cm³/mol. The number of fused-ring (bicyclic) bond motifs is 1. The van der Waals surface area contributed by atoms with E-state index in [1.165, 1.54) is 31.3 Å². The minimum Gasteiger partial charge on any atom is -0.392 e. The van der Waals surface area contributed by atoms with E-state index < -0.39 is 24.0 Å². The molecule has 1 aliphatic heterocycles. The fourth-order valence-electron chi connectivity index (χ4n) is 8.03. The van der Waals surface area contributed by atoms with E-state index >= 15 is 0 Å². The second kappa shape index (κ2) is 10.4. The molecule has 0 radical (unpaired) electrons. The van der Waals surface area contributed by atoms with Crippen molar-refractivity contribution in [3.05, 3.63) is 35.5 Å². The fraction of sp³-hybridized carbons (Fsp3) is 0.800. The van der Waals surface area contributed by atoms with E-state index in [0.29, 0.717) is 37.1 Å². The van der Waals surface area contributed by atoms with E-state index in [1.807, 2.05) is 6.92 Å². The van der Waals surface area contributed by atoms with E-state index in [2.05, 4.69) is 37.5 Å².